The first-order valence-electron chi connectivity index (χ1n) is 6.86. The van der Waals surface area contributed by atoms with E-state index in [-0.39, 0.29) is 0 Å². The average molecular weight is 262 g/mol. The summed E-state index contributed by atoms with van der Waals surface area (Å²) in [6.07, 6.45) is 4.90. The third-order valence-electron chi connectivity index (χ3n) is 3.60. The molecule has 1 aromatic carbocycles. The Hall–Kier alpha value is -1.09. The Kier molecular flexibility index (Phi) is 5.00. The minimum absolute atomic E-state index is 0.593. The molecule has 1 N–H and O–H groups in total. The molecule has 0 saturated carbocycles. The zero-order valence-corrected chi connectivity index (χ0v) is 11.9. The molecule has 1 aliphatic heterocycles. The first kappa shape index (κ1) is 13.3. The Morgan fingerprint density at radius 3 is 2.83 bits per heavy atom. The molecule has 1 heterocycles. The summed E-state index contributed by atoms with van der Waals surface area (Å²) < 4.78 is 0. The zero-order valence-electron chi connectivity index (χ0n) is 11.1. The smallest absolute Gasteiger partial charge is 0.169 e. The molecule has 1 atom stereocenters. The highest BCUT2D eigenvalue weighted by Crippen LogP contribution is 2.16. The van der Waals surface area contributed by atoms with Crippen LogP contribution in [0.2, 0.25) is 0 Å². The molecule has 1 aliphatic rings. The lowest BCUT2D eigenvalue weighted by atomic mass is 10.0. The molecule has 2 rings (SSSR count). The third kappa shape index (κ3) is 3.70. The van der Waals surface area contributed by atoms with Gasteiger partial charge in [0.15, 0.2) is 5.11 Å². The van der Waals surface area contributed by atoms with Crippen LogP contribution in [0.15, 0.2) is 30.3 Å². The van der Waals surface area contributed by atoms with Crippen LogP contribution in [0, 0.1) is 0 Å². The van der Waals surface area contributed by atoms with Crippen molar-refractivity contribution in [3.05, 3.63) is 35.9 Å². The van der Waals surface area contributed by atoms with Crippen LogP contribution in [0.3, 0.4) is 0 Å². The number of nitrogens with one attached hydrogen (secondary N) is 1. The fraction of sp³-hybridized carbons (Fsp3) is 0.533. The van der Waals surface area contributed by atoms with Gasteiger partial charge in [-0.1, -0.05) is 30.3 Å². The van der Waals surface area contributed by atoms with E-state index in [1.807, 2.05) is 0 Å². The van der Waals surface area contributed by atoms with Crippen molar-refractivity contribution in [3.63, 3.8) is 0 Å². The van der Waals surface area contributed by atoms with E-state index < -0.39 is 0 Å². The molecule has 0 spiro atoms. The van der Waals surface area contributed by atoms with Crippen LogP contribution in [-0.4, -0.2) is 29.1 Å². The van der Waals surface area contributed by atoms with Crippen LogP contribution < -0.4 is 5.32 Å². The number of hydrogen-bond acceptors (Lipinski definition) is 1. The van der Waals surface area contributed by atoms with Gasteiger partial charge in [-0.15, -0.1) is 0 Å². The summed E-state index contributed by atoms with van der Waals surface area (Å²) in [5.74, 6) is 0. The van der Waals surface area contributed by atoms with Crippen molar-refractivity contribution in [2.75, 3.05) is 13.1 Å². The summed E-state index contributed by atoms with van der Waals surface area (Å²) in [5, 5.41) is 4.32. The van der Waals surface area contributed by atoms with Gasteiger partial charge in [-0.3, -0.25) is 0 Å². The SMILES string of the molecule is C[C@H]1CCCCN1C(=S)NCCc1ccccc1. The fourth-order valence-corrected chi connectivity index (χ4v) is 2.83. The van der Waals surface area contributed by atoms with Gasteiger partial charge in [0, 0.05) is 19.1 Å². The lowest BCUT2D eigenvalue weighted by Gasteiger charge is -2.35. The van der Waals surface area contributed by atoms with E-state index in [0.717, 1.165) is 24.6 Å². The molecule has 18 heavy (non-hydrogen) atoms. The molecule has 0 bridgehead atoms. The van der Waals surface area contributed by atoms with Gasteiger partial charge in [0.1, 0.15) is 0 Å². The van der Waals surface area contributed by atoms with E-state index in [4.69, 9.17) is 12.2 Å². The number of hydrogen-bond donors (Lipinski definition) is 1. The molecule has 0 amide bonds. The summed E-state index contributed by atoms with van der Waals surface area (Å²) in [6, 6.07) is 11.1. The minimum atomic E-state index is 0.593. The average Bonchev–Trinajstić information content (AvgIpc) is 2.40. The summed E-state index contributed by atoms with van der Waals surface area (Å²) in [7, 11) is 0. The first-order chi connectivity index (χ1) is 8.77. The molecular formula is C15H22N2S. The molecule has 98 valence electrons. The van der Waals surface area contributed by atoms with Gasteiger partial charge < -0.3 is 10.2 Å². The van der Waals surface area contributed by atoms with Gasteiger partial charge in [-0.25, -0.2) is 0 Å². The number of benzene rings is 1. The van der Waals surface area contributed by atoms with Crippen LogP contribution in [-0.2, 0) is 6.42 Å². The van der Waals surface area contributed by atoms with E-state index in [9.17, 15) is 0 Å². The van der Waals surface area contributed by atoms with Crippen LogP contribution >= 0.6 is 12.2 Å². The van der Waals surface area contributed by atoms with Gasteiger partial charge in [0.05, 0.1) is 0 Å². The van der Waals surface area contributed by atoms with E-state index in [1.54, 1.807) is 0 Å². The molecule has 1 fully saturated rings. The Morgan fingerprint density at radius 2 is 2.11 bits per heavy atom. The maximum atomic E-state index is 5.48. The molecule has 2 nitrogen and oxygen atoms in total. The number of thiocarbonyl (C=S) groups is 1. The molecule has 0 aliphatic carbocycles. The quantitative estimate of drug-likeness (QED) is 0.843. The highest BCUT2D eigenvalue weighted by molar-refractivity contribution is 7.80. The van der Waals surface area contributed by atoms with Gasteiger partial charge in [0.25, 0.3) is 0 Å². The van der Waals surface area contributed by atoms with Crippen LogP contribution in [0.25, 0.3) is 0 Å². The largest absolute Gasteiger partial charge is 0.362 e. The second-order valence-corrected chi connectivity index (χ2v) is 5.39. The summed E-state index contributed by atoms with van der Waals surface area (Å²) in [6.45, 7) is 4.30. The van der Waals surface area contributed by atoms with Crippen molar-refractivity contribution < 1.29 is 0 Å². The summed E-state index contributed by atoms with van der Waals surface area (Å²) in [5.41, 5.74) is 1.36. The van der Waals surface area contributed by atoms with Crippen molar-refractivity contribution in [2.24, 2.45) is 0 Å². The molecule has 0 radical (unpaired) electrons. The van der Waals surface area contributed by atoms with Gasteiger partial charge >= 0.3 is 0 Å². The molecule has 1 aromatic rings. The maximum absolute atomic E-state index is 5.48. The Balaban J connectivity index is 1.74. The number of nitrogens with zero attached hydrogens (tertiary/aromatic N) is 1. The molecule has 0 unspecified atom stereocenters. The molecular weight excluding hydrogens is 240 g/mol. The van der Waals surface area contributed by atoms with E-state index in [1.165, 1.54) is 24.8 Å². The Morgan fingerprint density at radius 1 is 1.33 bits per heavy atom. The van der Waals surface area contributed by atoms with Gasteiger partial charge in [-0.05, 0) is 50.4 Å². The van der Waals surface area contributed by atoms with E-state index in [0.29, 0.717) is 6.04 Å². The fourth-order valence-electron chi connectivity index (χ4n) is 2.46. The van der Waals surface area contributed by atoms with E-state index in [2.05, 4.69) is 47.5 Å². The highest BCUT2D eigenvalue weighted by atomic mass is 32.1. The van der Waals surface area contributed by atoms with Gasteiger partial charge in [-0.2, -0.15) is 0 Å². The number of likely N-dealkylation sites (tertiary alicyclic amines) is 1. The number of piperidine rings is 1. The second-order valence-electron chi connectivity index (χ2n) is 5.01. The van der Waals surface area contributed by atoms with E-state index >= 15 is 0 Å². The lowest BCUT2D eigenvalue weighted by Crippen LogP contribution is -2.47. The standard InChI is InChI=1S/C15H22N2S/c1-13-7-5-6-12-17(13)15(18)16-11-10-14-8-3-2-4-9-14/h2-4,8-9,13H,5-7,10-12H2,1H3,(H,16,18)/t13-/m0/s1. The van der Waals surface area contributed by atoms with Crippen LogP contribution in [0.4, 0.5) is 0 Å². The Bertz CT molecular complexity index is 377. The molecule has 1 saturated heterocycles. The minimum Gasteiger partial charge on any atom is -0.362 e. The molecule has 0 aromatic heterocycles. The number of rotatable bonds is 3. The predicted octanol–water partition coefficient (Wildman–Crippen LogP) is 2.98. The van der Waals surface area contributed by atoms with Crippen molar-refractivity contribution in [1.29, 1.82) is 0 Å². The summed E-state index contributed by atoms with van der Waals surface area (Å²) >= 11 is 5.48. The van der Waals surface area contributed by atoms with Crippen molar-refractivity contribution in [2.45, 2.75) is 38.6 Å². The Labute approximate surface area is 115 Å². The summed E-state index contributed by atoms with van der Waals surface area (Å²) in [4.78, 5) is 2.34. The van der Waals surface area contributed by atoms with Crippen molar-refractivity contribution in [1.82, 2.24) is 10.2 Å². The maximum Gasteiger partial charge on any atom is 0.169 e. The van der Waals surface area contributed by atoms with Crippen LogP contribution in [0.1, 0.15) is 31.7 Å². The van der Waals surface area contributed by atoms with Crippen molar-refractivity contribution >= 4 is 17.3 Å². The molecule has 3 heteroatoms. The first-order valence-corrected chi connectivity index (χ1v) is 7.26. The second kappa shape index (κ2) is 6.74. The lowest BCUT2D eigenvalue weighted by molar-refractivity contribution is 0.255. The predicted molar refractivity (Wildman–Crippen MR) is 80.8 cm³/mol. The third-order valence-corrected chi connectivity index (χ3v) is 3.98. The van der Waals surface area contributed by atoms with Crippen molar-refractivity contribution in [3.8, 4) is 0 Å². The van der Waals surface area contributed by atoms with Gasteiger partial charge in [0.2, 0.25) is 0 Å². The van der Waals surface area contributed by atoms with Crippen LogP contribution in [0.5, 0.6) is 0 Å². The zero-order chi connectivity index (χ0) is 12.8. The topological polar surface area (TPSA) is 15.3 Å². The highest BCUT2D eigenvalue weighted by Gasteiger charge is 2.19. The normalized spacial score (nSPS) is 19.6. The monoisotopic (exact) mass is 262 g/mol.